The van der Waals surface area contributed by atoms with E-state index < -0.39 is 18.0 Å². The quantitative estimate of drug-likeness (QED) is 0.521. The van der Waals surface area contributed by atoms with Crippen molar-refractivity contribution in [2.24, 2.45) is 5.92 Å². The summed E-state index contributed by atoms with van der Waals surface area (Å²) in [5.41, 5.74) is 0. The molecule has 3 nitrogen and oxygen atoms in total. The summed E-state index contributed by atoms with van der Waals surface area (Å²) in [6.45, 7) is 0. The van der Waals surface area contributed by atoms with Crippen LogP contribution in [-0.4, -0.2) is 22.3 Å². The van der Waals surface area contributed by atoms with Crippen molar-refractivity contribution in [2.45, 2.75) is 18.9 Å². The van der Waals surface area contributed by atoms with Gasteiger partial charge in [-0.05, 0) is 12.8 Å². The Morgan fingerprint density at radius 2 is 2.00 bits per heavy atom. The molecule has 2 atom stereocenters. The molecule has 1 aliphatic carbocycles. The smallest absolute Gasteiger partial charge is 0.309 e. The number of aliphatic hydroxyl groups excluding tert-OH is 1. The number of carboxylic acid groups (broad SMARTS) is 1. The number of hydrogen-bond acceptors (Lipinski definition) is 2. The van der Waals surface area contributed by atoms with Gasteiger partial charge in [-0.2, -0.15) is 0 Å². The number of aliphatic carboxylic acids is 1. The van der Waals surface area contributed by atoms with Crippen molar-refractivity contribution < 1.29 is 15.0 Å². The first kappa shape index (κ1) is 7.28. The third-order valence-corrected chi connectivity index (χ3v) is 1.72. The first-order valence-electron chi connectivity index (χ1n) is 3.27. The molecule has 0 saturated carbocycles. The largest absolute Gasteiger partial charge is 0.481 e. The maximum absolute atomic E-state index is 10.4. The normalized spacial score (nSPS) is 32.1. The first-order valence-corrected chi connectivity index (χ1v) is 3.27. The standard InChI is InChI=1S/C7H10O3/c8-6-4-2-1-3-5(6)7(9)10/h1-2,5-6,8H,3-4H2,(H,9,10). The van der Waals surface area contributed by atoms with E-state index in [-0.39, 0.29) is 0 Å². The molecule has 10 heavy (non-hydrogen) atoms. The van der Waals surface area contributed by atoms with E-state index in [9.17, 15) is 4.79 Å². The van der Waals surface area contributed by atoms with Crippen molar-refractivity contribution in [1.29, 1.82) is 0 Å². The first-order chi connectivity index (χ1) is 4.72. The van der Waals surface area contributed by atoms with Gasteiger partial charge in [0.1, 0.15) is 0 Å². The molecule has 0 amide bonds. The molecule has 0 aromatic carbocycles. The molecule has 0 aromatic rings. The van der Waals surface area contributed by atoms with E-state index in [1.165, 1.54) is 0 Å². The number of hydrogen-bond donors (Lipinski definition) is 2. The number of aliphatic hydroxyl groups is 1. The minimum absolute atomic E-state index is 0.455. The average Bonchev–Trinajstić information content (AvgIpc) is 1.88. The summed E-state index contributed by atoms with van der Waals surface area (Å²) in [4.78, 5) is 10.4. The van der Waals surface area contributed by atoms with Crippen LogP contribution in [0.3, 0.4) is 0 Å². The van der Waals surface area contributed by atoms with Crippen molar-refractivity contribution >= 4 is 5.97 Å². The molecule has 1 rings (SSSR count). The summed E-state index contributed by atoms with van der Waals surface area (Å²) in [5, 5.41) is 17.6. The topological polar surface area (TPSA) is 57.5 Å². The monoisotopic (exact) mass is 142 g/mol. The Balaban J connectivity index is 2.59. The van der Waals surface area contributed by atoms with E-state index in [1.807, 2.05) is 6.08 Å². The highest BCUT2D eigenvalue weighted by molar-refractivity contribution is 5.71. The Hall–Kier alpha value is -0.830. The van der Waals surface area contributed by atoms with Crippen LogP contribution in [0.2, 0.25) is 0 Å². The van der Waals surface area contributed by atoms with Crippen LogP contribution >= 0.6 is 0 Å². The highest BCUT2D eigenvalue weighted by Crippen LogP contribution is 2.18. The molecule has 1 aliphatic rings. The lowest BCUT2D eigenvalue weighted by molar-refractivity contribution is -0.145. The third-order valence-electron chi connectivity index (χ3n) is 1.72. The van der Waals surface area contributed by atoms with Crippen LogP contribution < -0.4 is 0 Å². The second-order valence-electron chi connectivity index (χ2n) is 2.45. The van der Waals surface area contributed by atoms with E-state index in [0.717, 1.165) is 0 Å². The molecule has 0 bridgehead atoms. The molecule has 0 heterocycles. The van der Waals surface area contributed by atoms with Crippen LogP contribution in [-0.2, 0) is 4.79 Å². The third kappa shape index (κ3) is 1.36. The zero-order chi connectivity index (χ0) is 7.56. The van der Waals surface area contributed by atoms with E-state index in [1.54, 1.807) is 6.08 Å². The lowest BCUT2D eigenvalue weighted by Crippen LogP contribution is -2.28. The second kappa shape index (κ2) is 2.84. The van der Waals surface area contributed by atoms with Crippen molar-refractivity contribution in [3.05, 3.63) is 12.2 Å². The molecular formula is C7H10O3. The summed E-state index contributed by atoms with van der Waals surface area (Å²) >= 11 is 0. The van der Waals surface area contributed by atoms with Crippen LogP contribution in [0.25, 0.3) is 0 Å². The molecule has 0 aliphatic heterocycles. The van der Waals surface area contributed by atoms with Gasteiger partial charge in [-0.25, -0.2) is 0 Å². The van der Waals surface area contributed by atoms with Crippen LogP contribution in [0.4, 0.5) is 0 Å². The molecular weight excluding hydrogens is 132 g/mol. The second-order valence-corrected chi connectivity index (χ2v) is 2.45. The Bertz CT molecular complexity index is 162. The van der Waals surface area contributed by atoms with Crippen molar-refractivity contribution in [2.75, 3.05) is 0 Å². The van der Waals surface area contributed by atoms with Gasteiger partial charge >= 0.3 is 5.97 Å². The minimum atomic E-state index is -0.906. The Labute approximate surface area is 59.0 Å². The molecule has 0 aromatic heterocycles. The molecule has 0 radical (unpaired) electrons. The molecule has 0 spiro atoms. The Morgan fingerprint density at radius 3 is 2.40 bits per heavy atom. The number of carboxylic acids is 1. The predicted octanol–water partition coefficient (Wildman–Crippen LogP) is 0.398. The zero-order valence-corrected chi connectivity index (χ0v) is 5.53. The van der Waals surface area contributed by atoms with Gasteiger partial charge in [0, 0.05) is 0 Å². The minimum Gasteiger partial charge on any atom is -0.481 e. The Kier molecular flexibility index (Phi) is 2.06. The SMILES string of the molecule is O=C(O)C1CC=CCC1O. The van der Waals surface area contributed by atoms with Gasteiger partial charge in [0.25, 0.3) is 0 Å². The van der Waals surface area contributed by atoms with Gasteiger partial charge in [-0.3, -0.25) is 4.79 Å². The predicted molar refractivity (Wildman–Crippen MR) is 35.5 cm³/mol. The molecule has 56 valence electrons. The summed E-state index contributed by atoms with van der Waals surface area (Å²) in [7, 11) is 0. The lowest BCUT2D eigenvalue weighted by atomic mass is 9.92. The van der Waals surface area contributed by atoms with Gasteiger partial charge in [-0.1, -0.05) is 12.2 Å². The summed E-state index contributed by atoms with van der Waals surface area (Å²) in [5.74, 6) is -1.50. The highest BCUT2D eigenvalue weighted by atomic mass is 16.4. The van der Waals surface area contributed by atoms with Gasteiger partial charge < -0.3 is 10.2 Å². The Morgan fingerprint density at radius 1 is 1.40 bits per heavy atom. The van der Waals surface area contributed by atoms with Crippen molar-refractivity contribution in [3.63, 3.8) is 0 Å². The number of rotatable bonds is 1. The van der Waals surface area contributed by atoms with Crippen molar-refractivity contribution in [3.8, 4) is 0 Å². The van der Waals surface area contributed by atoms with Crippen LogP contribution in [0, 0.1) is 5.92 Å². The highest BCUT2D eigenvalue weighted by Gasteiger charge is 2.26. The fraction of sp³-hybridized carbons (Fsp3) is 0.571. The lowest BCUT2D eigenvalue weighted by Gasteiger charge is -2.19. The zero-order valence-electron chi connectivity index (χ0n) is 5.53. The fourth-order valence-electron chi connectivity index (χ4n) is 1.07. The van der Waals surface area contributed by atoms with E-state index in [2.05, 4.69) is 0 Å². The summed E-state index contributed by atoms with van der Waals surface area (Å²) < 4.78 is 0. The molecule has 2 N–H and O–H groups in total. The van der Waals surface area contributed by atoms with Gasteiger partial charge in [0.2, 0.25) is 0 Å². The van der Waals surface area contributed by atoms with Crippen LogP contribution in [0.1, 0.15) is 12.8 Å². The summed E-state index contributed by atoms with van der Waals surface area (Å²) in [6.07, 6.45) is 3.84. The molecule has 0 fully saturated rings. The maximum Gasteiger partial charge on any atom is 0.309 e. The average molecular weight is 142 g/mol. The molecule has 3 heteroatoms. The maximum atomic E-state index is 10.4. The van der Waals surface area contributed by atoms with E-state index >= 15 is 0 Å². The van der Waals surface area contributed by atoms with Crippen LogP contribution in [0.15, 0.2) is 12.2 Å². The van der Waals surface area contributed by atoms with E-state index in [4.69, 9.17) is 10.2 Å². The van der Waals surface area contributed by atoms with Gasteiger partial charge in [-0.15, -0.1) is 0 Å². The fourth-order valence-corrected chi connectivity index (χ4v) is 1.07. The van der Waals surface area contributed by atoms with Crippen LogP contribution in [0.5, 0.6) is 0 Å². The summed E-state index contributed by atoms with van der Waals surface area (Å²) in [6, 6.07) is 0. The molecule has 2 unspecified atom stereocenters. The molecule has 0 saturated heterocycles. The number of carbonyl (C=O) groups is 1. The van der Waals surface area contributed by atoms with Crippen molar-refractivity contribution in [1.82, 2.24) is 0 Å². The van der Waals surface area contributed by atoms with Gasteiger partial charge in [0.05, 0.1) is 12.0 Å². The number of allylic oxidation sites excluding steroid dienone is 1. The van der Waals surface area contributed by atoms with E-state index in [0.29, 0.717) is 12.8 Å². The van der Waals surface area contributed by atoms with Gasteiger partial charge in [0.15, 0.2) is 0 Å².